The van der Waals surface area contributed by atoms with Crippen molar-refractivity contribution in [3.8, 4) is 0 Å². The Morgan fingerprint density at radius 3 is 2.17 bits per heavy atom. The van der Waals surface area contributed by atoms with Crippen LogP contribution in [0.2, 0.25) is 5.02 Å². The zero-order valence-electron chi connectivity index (χ0n) is 18.0. The van der Waals surface area contributed by atoms with Crippen LogP contribution in [0.25, 0.3) is 0 Å². The molecule has 30 heavy (non-hydrogen) atoms. The number of hydrogen-bond donors (Lipinski definition) is 1. The first-order valence-corrected chi connectivity index (χ1v) is 12.0. The van der Waals surface area contributed by atoms with Crippen LogP contribution in [0.5, 0.6) is 0 Å². The number of amides is 2. The smallest absolute Gasteiger partial charge is 0.282 e. The number of carbonyl (C=O) groups is 2. The van der Waals surface area contributed by atoms with Gasteiger partial charge in [-0.2, -0.15) is 17.0 Å². The molecule has 0 radical (unpaired) electrons. The van der Waals surface area contributed by atoms with E-state index < -0.39 is 22.2 Å². The fourth-order valence-corrected chi connectivity index (χ4v) is 5.25. The molecule has 1 atom stereocenters. The monoisotopic (exact) mass is 458 g/mol. The molecule has 1 fully saturated rings. The summed E-state index contributed by atoms with van der Waals surface area (Å²) in [6, 6.07) is 5.95. The van der Waals surface area contributed by atoms with Gasteiger partial charge in [-0.05, 0) is 18.1 Å². The molecule has 1 aromatic rings. The van der Waals surface area contributed by atoms with Crippen LogP contribution in [-0.2, 0) is 15.0 Å². The van der Waals surface area contributed by atoms with Gasteiger partial charge in [-0.3, -0.25) is 9.59 Å². The van der Waals surface area contributed by atoms with E-state index in [4.69, 9.17) is 11.6 Å². The lowest BCUT2D eigenvalue weighted by molar-refractivity contribution is -0.135. The molecule has 0 spiro atoms. The maximum atomic E-state index is 13.1. The highest BCUT2D eigenvalue weighted by Crippen LogP contribution is 2.17. The van der Waals surface area contributed by atoms with Crippen LogP contribution in [0.3, 0.4) is 0 Å². The molecule has 1 saturated heterocycles. The highest BCUT2D eigenvalue weighted by Gasteiger charge is 2.35. The minimum absolute atomic E-state index is 0.138. The van der Waals surface area contributed by atoms with Gasteiger partial charge in [-0.1, -0.05) is 51.4 Å². The molecule has 10 heteroatoms. The third-order valence-electron chi connectivity index (χ3n) is 5.25. The summed E-state index contributed by atoms with van der Waals surface area (Å²) >= 11 is 6.10. The lowest BCUT2D eigenvalue weighted by atomic mass is 10.0. The van der Waals surface area contributed by atoms with Crippen molar-refractivity contribution in [1.82, 2.24) is 18.8 Å². The summed E-state index contributed by atoms with van der Waals surface area (Å²) in [5.41, 5.74) is 0.313. The number of rotatable bonds is 8. The van der Waals surface area contributed by atoms with E-state index in [0.29, 0.717) is 23.7 Å². The standard InChI is InChI=1S/C20H31ClN4O4S/c1-5-24(6-2)30(28,29)25-13-11-23(12-14-25)20(27)18(15(3)4)22-19(26)16-9-7-8-10-17(16)21/h7-10,15,18H,5-6,11-14H2,1-4H3,(H,22,26). The summed E-state index contributed by atoms with van der Waals surface area (Å²) < 4.78 is 28.2. The van der Waals surface area contributed by atoms with Crippen LogP contribution < -0.4 is 5.32 Å². The highest BCUT2D eigenvalue weighted by atomic mass is 35.5. The summed E-state index contributed by atoms with van der Waals surface area (Å²) in [7, 11) is -3.53. The van der Waals surface area contributed by atoms with Crippen molar-refractivity contribution in [3.63, 3.8) is 0 Å². The maximum absolute atomic E-state index is 13.1. The molecule has 1 aliphatic heterocycles. The van der Waals surface area contributed by atoms with Crippen LogP contribution >= 0.6 is 11.6 Å². The summed E-state index contributed by atoms with van der Waals surface area (Å²) in [5.74, 6) is -0.762. The van der Waals surface area contributed by atoms with Crippen molar-refractivity contribution in [3.05, 3.63) is 34.9 Å². The Labute approximate surface area is 184 Å². The Hall–Kier alpha value is -1.68. The molecule has 0 aliphatic carbocycles. The molecule has 1 heterocycles. The van der Waals surface area contributed by atoms with Crippen molar-refractivity contribution >= 4 is 33.6 Å². The van der Waals surface area contributed by atoms with Gasteiger partial charge < -0.3 is 10.2 Å². The lowest BCUT2D eigenvalue weighted by Crippen LogP contribution is -2.58. The largest absolute Gasteiger partial charge is 0.340 e. The molecule has 1 unspecified atom stereocenters. The quantitative estimate of drug-likeness (QED) is 0.643. The third-order valence-corrected chi connectivity index (χ3v) is 7.76. The third kappa shape index (κ3) is 5.51. The second-order valence-corrected chi connectivity index (χ2v) is 9.83. The van der Waals surface area contributed by atoms with E-state index in [9.17, 15) is 18.0 Å². The fourth-order valence-electron chi connectivity index (χ4n) is 3.43. The summed E-state index contributed by atoms with van der Waals surface area (Å²) in [4.78, 5) is 27.3. The van der Waals surface area contributed by atoms with Gasteiger partial charge in [-0.25, -0.2) is 0 Å². The van der Waals surface area contributed by atoms with Gasteiger partial charge in [0.2, 0.25) is 5.91 Å². The first-order valence-electron chi connectivity index (χ1n) is 10.2. The van der Waals surface area contributed by atoms with Gasteiger partial charge in [0.1, 0.15) is 6.04 Å². The Morgan fingerprint density at radius 2 is 1.67 bits per heavy atom. The Kier molecular flexibility index (Phi) is 8.66. The first-order chi connectivity index (χ1) is 14.1. The van der Waals surface area contributed by atoms with Crippen molar-refractivity contribution < 1.29 is 18.0 Å². The highest BCUT2D eigenvalue weighted by molar-refractivity contribution is 7.86. The van der Waals surface area contributed by atoms with E-state index >= 15 is 0 Å². The number of piperazine rings is 1. The van der Waals surface area contributed by atoms with Crippen molar-refractivity contribution in [2.24, 2.45) is 5.92 Å². The van der Waals surface area contributed by atoms with E-state index in [1.807, 2.05) is 13.8 Å². The van der Waals surface area contributed by atoms with Crippen LogP contribution in [-0.4, -0.2) is 79.1 Å². The summed E-state index contributed by atoms with van der Waals surface area (Å²) in [6.07, 6.45) is 0. The number of halogens is 1. The van der Waals surface area contributed by atoms with Gasteiger partial charge in [0.15, 0.2) is 0 Å². The van der Waals surface area contributed by atoms with E-state index in [-0.39, 0.29) is 38.0 Å². The normalized spacial score (nSPS) is 16.7. The van der Waals surface area contributed by atoms with Crippen LogP contribution in [0.1, 0.15) is 38.1 Å². The first kappa shape index (κ1) is 24.6. The van der Waals surface area contributed by atoms with Gasteiger partial charge in [0, 0.05) is 39.3 Å². The molecule has 1 aromatic carbocycles. The van der Waals surface area contributed by atoms with Gasteiger partial charge in [0.25, 0.3) is 16.1 Å². The zero-order chi connectivity index (χ0) is 22.5. The van der Waals surface area contributed by atoms with E-state index in [1.165, 1.54) is 8.61 Å². The molecule has 0 saturated carbocycles. The summed E-state index contributed by atoms with van der Waals surface area (Å²) in [5, 5.41) is 3.11. The molecule has 8 nitrogen and oxygen atoms in total. The second-order valence-electron chi connectivity index (χ2n) is 7.49. The van der Waals surface area contributed by atoms with Gasteiger partial charge >= 0.3 is 0 Å². The molecule has 0 bridgehead atoms. The van der Waals surface area contributed by atoms with Crippen LogP contribution in [0.4, 0.5) is 0 Å². The number of hydrogen-bond acceptors (Lipinski definition) is 4. The minimum Gasteiger partial charge on any atom is -0.340 e. The average Bonchev–Trinajstić information content (AvgIpc) is 2.72. The molecule has 0 aromatic heterocycles. The van der Waals surface area contributed by atoms with E-state index in [1.54, 1.807) is 43.0 Å². The second kappa shape index (κ2) is 10.6. The topological polar surface area (TPSA) is 90.0 Å². The Balaban J connectivity index is 2.06. The van der Waals surface area contributed by atoms with E-state index in [0.717, 1.165) is 0 Å². The zero-order valence-corrected chi connectivity index (χ0v) is 19.5. The molecular formula is C20H31ClN4O4S. The van der Waals surface area contributed by atoms with Gasteiger partial charge in [0.05, 0.1) is 10.6 Å². The summed E-state index contributed by atoms with van der Waals surface area (Å²) in [6.45, 7) is 9.15. The molecule has 1 aliphatic rings. The Morgan fingerprint density at radius 1 is 1.10 bits per heavy atom. The van der Waals surface area contributed by atoms with Crippen molar-refractivity contribution in [1.29, 1.82) is 0 Å². The number of nitrogens with zero attached hydrogens (tertiary/aromatic N) is 3. The molecule has 2 amide bonds. The lowest BCUT2D eigenvalue weighted by Gasteiger charge is -2.38. The minimum atomic E-state index is -3.53. The number of carbonyl (C=O) groups excluding carboxylic acids is 2. The number of nitrogens with one attached hydrogen (secondary N) is 1. The molecule has 168 valence electrons. The molecular weight excluding hydrogens is 428 g/mol. The van der Waals surface area contributed by atoms with Crippen molar-refractivity contribution in [2.75, 3.05) is 39.3 Å². The number of benzene rings is 1. The van der Waals surface area contributed by atoms with Crippen molar-refractivity contribution in [2.45, 2.75) is 33.7 Å². The SMILES string of the molecule is CCN(CC)S(=O)(=O)N1CCN(C(=O)C(NC(=O)c2ccccc2Cl)C(C)C)CC1. The molecule has 1 N–H and O–H groups in total. The maximum Gasteiger partial charge on any atom is 0.282 e. The Bertz CT molecular complexity index is 850. The van der Waals surface area contributed by atoms with E-state index in [2.05, 4.69) is 5.32 Å². The van der Waals surface area contributed by atoms with Gasteiger partial charge in [-0.15, -0.1) is 0 Å². The predicted octanol–water partition coefficient (Wildman–Crippen LogP) is 1.83. The average molecular weight is 459 g/mol. The molecule has 2 rings (SSSR count). The van der Waals surface area contributed by atoms with Crippen LogP contribution in [0, 0.1) is 5.92 Å². The predicted molar refractivity (Wildman–Crippen MR) is 118 cm³/mol. The fraction of sp³-hybridized carbons (Fsp3) is 0.600. The van der Waals surface area contributed by atoms with Crippen LogP contribution in [0.15, 0.2) is 24.3 Å².